The van der Waals surface area contributed by atoms with Crippen LogP contribution in [-0.2, 0) is 16.0 Å². The van der Waals surface area contributed by atoms with Crippen LogP contribution in [0, 0.1) is 0 Å². The molecule has 11 nitrogen and oxygen atoms in total. The van der Waals surface area contributed by atoms with Gasteiger partial charge in [0.1, 0.15) is 11.7 Å². The molecule has 0 N–H and O–H groups in total. The first-order valence-electron chi connectivity index (χ1n) is 7.69. The first kappa shape index (κ1) is 17.3. The van der Waals surface area contributed by atoms with E-state index in [0.717, 1.165) is 4.57 Å². The van der Waals surface area contributed by atoms with Crippen molar-refractivity contribution in [3.05, 3.63) is 39.9 Å². The minimum atomic E-state index is -0.785. The molecule has 26 heavy (non-hydrogen) atoms. The van der Waals surface area contributed by atoms with Crippen LogP contribution in [0.2, 0.25) is 0 Å². The van der Waals surface area contributed by atoms with Crippen molar-refractivity contribution in [2.75, 3.05) is 13.2 Å². The molecule has 0 saturated heterocycles. The molecule has 0 aliphatic rings. The normalized spacial score (nSPS) is 10.8. The molecule has 3 rings (SSSR count). The Labute approximate surface area is 145 Å². The van der Waals surface area contributed by atoms with Gasteiger partial charge in [-0.3, -0.25) is 9.36 Å². The van der Waals surface area contributed by atoms with Crippen molar-refractivity contribution in [3.63, 3.8) is 0 Å². The standard InChI is InChI=1S/C15H14N4O7/c1-3-23-14(21)9-5-8(25-17-9)6-19-7-16-12-10(13(19)20)11(18-26-12)15(22)24-4-2/h5,7H,3-4,6H2,1-2H3. The van der Waals surface area contributed by atoms with Crippen LogP contribution in [0.5, 0.6) is 0 Å². The Balaban J connectivity index is 1.93. The van der Waals surface area contributed by atoms with Crippen molar-refractivity contribution < 1.29 is 28.1 Å². The van der Waals surface area contributed by atoms with Crippen LogP contribution < -0.4 is 5.56 Å². The summed E-state index contributed by atoms with van der Waals surface area (Å²) in [5.74, 6) is -1.19. The highest BCUT2D eigenvalue weighted by Gasteiger charge is 2.23. The lowest BCUT2D eigenvalue weighted by molar-refractivity contribution is 0.0506. The molecule has 0 aliphatic carbocycles. The molecule has 0 saturated carbocycles. The van der Waals surface area contributed by atoms with Gasteiger partial charge in [0.05, 0.1) is 19.8 Å². The number of esters is 2. The highest BCUT2D eigenvalue weighted by atomic mass is 16.5. The molecule has 3 heterocycles. The number of carbonyl (C=O) groups is 2. The molecule has 0 aliphatic heterocycles. The number of hydrogen-bond donors (Lipinski definition) is 0. The number of ether oxygens (including phenoxy) is 2. The molecule has 136 valence electrons. The van der Waals surface area contributed by atoms with Crippen molar-refractivity contribution in [2.24, 2.45) is 0 Å². The van der Waals surface area contributed by atoms with Gasteiger partial charge in [-0.15, -0.1) is 0 Å². The van der Waals surface area contributed by atoms with E-state index in [-0.39, 0.29) is 48.0 Å². The zero-order valence-electron chi connectivity index (χ0n) is 13.9. The van der Waals surface area contributed by atoms with Crippen molar-refractivity contribution in [2.45, 2.75) is 20.4 Å². The Morgan fingerprint density at radius 3 is 2.58 bits per heavy atom. The summed E-state index contributed by atoms with van der Waals surface area (Å²) in [4.78, 5) is 40.1. The Morgan fingerprint density at radius 1 is 1.12 bits per heavy atom. The number of fused-ring (bicyclic) bond motifs is 1. The first-order chi connectivity index (χ1) is 12.5. The summed E-state index contributed by atoms with van der Waals surface area (Å²) in [6.45, 7) is 3.55. The fourth-order valence-corrected chi connectivity index (χ4v) is 2.19. The lowest BCUT2D eigenvalue weighted by Crippen LogP contribution is -2.22. The van der Waals surface area contributed by atoms with Crippen LogP contribution >= 0.6 is 0 Å². The van der Waals surface area contributed by atoms with Gasteiger partial charge in [-0.2, -0.15) is 0 Å². The highest BCUT2D eigenvalue weighted by molar-refractivity contribution is 5.99. The molecule has 11 heteroatoms. The van der Waals surface area contributed by atoms with Gasteiger partial charge in [-0.25, -0.2) is 14.6 Å². The van der Waals surface area contributed by atoms with Crippen molar-refractivity contribution in [1.29, 1.82) is 0 Å². The van der Waals surface area contributed by atoms with Gasteiger partial charge >= 0.3 is 11.9 Å². The van der Waals surface area contributed by atoms with E-state index in [1.165, 1.54) is 12.4 Å². The lowest BCUT2D eigenvalue weighted by atomic mass is 10.3. The van der Waals surface area contributed by atoms with Crippen LogP contribution in [-0.4, -0.2) is 45.0 Å². The van der Waals surface area contributed by atoms with E-state index in [1.54, 1.807) is 13.8 Å². The van der Waals surface area contributed by atoms with Crippen LogP contribution in [0.1, 0.15) is 40.6 Å². The fraction of sp³-hybridized carbons (Fsp3) is 0.333. The zero-order valence-corrected chi connectivity index (χ0v) is 13.9. The predicted molar refractivity (Wildman–Crippen MR) is 83.6 cm³/mol. The van der Waals surface area contributed by atoms with Crippen LogP contribution in [0.4, 0.5) is 0 Å². The molecule has 0 spiro atoms. The maximum Gasteiger partial charge on any atom is 0.361 e. The van der Waals surface area contributed by atoms with E-state index < -0.39 is 17.5 Å². The summed E-state index contributed by atoms with van der Waals surface area (Å²) in [6.07, 6.45) is 1.21. The Bertz CT molecular complexity index is 1020. The Kier molecular flexibility index (Phi) is 4.78. The van der Waals surface area contributed by atoms with Gasteiger partial charge in [0, 0.05) is 6.07 Å². The molecule has 0 amide bonds. The van der Waals surface area contributed by atoms with E-state index in [1.807, 2.05) is 0 Å². The third-order valence-corrected chi connectivity index (χ3v) is 3.30. The molecular weight excluding hydrogens is 348 g/mol. The van der Waals surface area contributed by atoms with Gasteiger partial charge in [0.2, 0.25) is 5.69 Å². The summed E-state index contributed by atoms with van der Waals surface area (Å²) in [5.41, 5.74) is -0.924. The van der Waals surface area contributed by atoms with Crippen molar-refractivity contribution in [3.8, 4) is 0 Å². The van der Waals surface area contributed by atoms with Crippen LogP contribution in [0.25, 0.3) is 11.1 Å². The summed E-state index contributed by atoms with van der Waals surface area (Å²) in [6, 6.07) is 1.36. The van der Waals surface area contributed by atoms with E-state index in [0.29, 0.717) is 0 Å². The quantitative estimate of drug-likeness (QED) is 0.577. The third-order valence-electron chi connectivity index (χ3n) is 3.30. The predicted octanol–water partition coefficient (Wildman–Crippen LogP) is 0.774. The number of nitrogens with zero attached hydrogens (tertiary/aromatic N) is 4. The minimum absolute atomic E-state index is 0.0128. The minimum Gasteiger partial charge on any atom is -0.461 e. The summed E-state index contributed by atoms with van der Waals surface area (Å²) < 4.78 is 20.7. The Hall–Kier alpha value is -3.50. The average molecular weight is 362 g/mol. The third kappa shape index (κ3) is 3.18. The molecular formula is C15H14N4O7. The summed E-state index contributed by atoms with van der Waals surface area (Å²) in [7, 11) is 0. The topological polar surface area (TPSA) is 140 Å². The van der Waals surface area contributed by atoms with Crippen molar-refractivity contribution in [1.82, 2.24) is 19.9 Å². The van der Waals surface area contributed by atoms with Gasteiger partial charge in [0.15, 0.2) is 11.5 Å². The van der Waals surface area contributed by atoms with E-state index in [2.05, 4.69) is 15.3 Å². The van der Waals surface area contributed by atoms with E-state index >= 15 is 0 Å². The number of carbonyl (C=O) groups excluding carboxylic acids is 2. The number of hydrogen-bond acceptors (Lipinski definition) is 10. The van der Waals surface area contributed by atoms with Crippen LogP contribution in [0.15, 0.2) is 26.2 Å². The maximum absolute atomic E-state index is 12.6. The zero-order chi connectivity index (χ0) is 18.7. The molecule has 0 bridgehead atoms. The van der Waals surface area contributed by atoms with E-state index in [9.17, 15) is 14.4 Å². The largest absolute Gasteiger partial charge is 0.461 e. The second-order valence-electron chi connectivity index (χ2n) is 5.01. The summed E-state index contributed by atoms with van der Waals surface area (Å²) >= 11 is 0. The number of aromatic nitrogens is 4. The number of rotatable bonds is 6. The fourth-order valence-electron chi connectivity index (χ4n) is 2.19. The maximum atomic E-state index is 12.6. The first-order valence-corrected chi connectivity index (χ1v) is 7.69. The molecule has 3 aromatic rings. The summed E-state index contributed by atoms with van der Waals surface area (Å²) in [5, 5.41) is 7.04. The molecule has 0 radical (unpaired) electrons. The second kappa shape index (κ2) is 7.17. The molecule has 0 atom stereocenters. The van der Waals surface area contributed by atoms with Gasteiger partial charge < -0.3 is 18.5 Å². The molecule has 0 unspecified atom stereocenters. The molecule has 0 aromatic carbocycles. The van der Waals surface area contributed by atoms with Crippen molar-refractivity contribution >= 4 is 23.0 Å². The van der Waals surface area contributed by atoms with E-state index in [4.69, 9.17) is 18.5 Å². The molecule has 0 fully saturated rings. The average Bonchev–Trinajstić information content (AvgIpc) is 3.25. The SMILES string of the molecule is CCOC(=O)c1cc(Cn2cnc3onc(C(=O)OCC)c3c2=O)on1. The van der Waals surface area contributed by atoms with Gasteiger partial charge in [-0.1, -0.05) is 10.3 Å². The van der Waals surface area contributed by atoms with Crippen LogP contribution in [0.3, 0.4) is 0 Å². The lowest BCUT2D eigenvalue weighted by Gasteiger charge is -2.01. The second-order valence-corrected chi connectivity index (χ2v) is 5.01. The Morgan fingerprint density at radius 2 is 1.85 bits per heavy atom. The highest BCUT2D eigenvalue weighted by Crippen LogP contribution is 2.14. The van der Waals surface area contributed by atoms with Gasteiger partial charge in [-0.05, 0) is 13.8 Å². The van der Waals surface area contributed by atoms with Gasteiger partial charge in [0.25, 0.3) is 11.3 Å². The monoisotopic (exact) mass is 362 g/mol. The smallest absolute Gasteiger partial charge is 0.361 e. The molecule has 3 aromatic heterocycles.